The monoisotopic (exact) mass is 474 g/mol. The molecule has 0 aromatic heterocycles. The lowest BCUT2D eigenvalue weighted by molar-refractivity contribution is -0.201. The van der Waals surface area contributed by atoms with Crippen LogP contribution in [0.4, 0.5) is 0 Å². The predicted molar refractivity (Wildman–Crippen MR) is 137 cm³/mol. The molecule has 2 aliphatic carbocycles. The highest BCUT2D eigenvalue weighted by molar-refractivity contribution is 5.11. The van der Waals surface area contributed by atoms with Gasteiger partial charge in [0.2, 0.25) is 0 Å². The fourth-order valence-corrected chi connectivity index (χ4v) is 6.63. The van der Waals surface area contributed by atoms with Crippen molar-refractivity contribution in [1.29, 1.82) is 0 Å². The van der Waals surface area contributed by atoms with Crippen molar-refractivity contribution in [3.05, 3.63) is 23.5 Å². The molecule has 2 saturated carbocycles. The first-order chi connectivity index (χ1) is 16.6. The van der Waals surface area contributed by atoms with Gasteiger partial charge < -0.3 is 18.9 Å². The maximum Gasteiger partial charge on any atom is 0.199 e. The molecule has 2 aliphatic heterocycles. The molecule has 0 radical (unpaired) electrons. The summed E-state index contributed by atoms with van der Waals surface area (Å²) in [6, 6.07) is 0. The average Bonchev–Trinajstić information content (AvgIpc) is 3.40. The van der Waals surface area contributed by atoms with Crippen LogP contribution in [0, 0.1) is 23.7 Å². The van der Waals surface area contributed by atoms with Crippen LogP contribution in [0.15, 0.2) is 23.5 Å². The molecule has 4 heteroatoms. The van der Waals surface area contributed by atoms with E-state index in [0.29, 0.717) is 11.8 Å². The van der Waals surface area contributed by atoms with Crippen LogP contribution >= 0.6 is 0 Å². The highest BCUT2D eigenvalue weighted by atomic mass is 16.7. The zero-order chi connectivity index (χ0) is 23.8. The van der Waals surface area contributed by atoms with E-state index in [4.69, 9.17) is 18.9 Å². The molecule has 194 valence electrons. The van der Waals surface area contributed by atoms with Gasteiger partial charge in [0.25, 0.3) is 0 Å². The number of hydrogen-bond acceptors (Lipinski definition) is 4. The van der Waals surface area contributed by atoms with Gasteiger partial charge in [-0.25, -0.2) is 0 Å². The lowest BCUT2D eigenvalue weighted by Crippen LogP contribution is -2.34. The molecule has 0 bridgehead atoms. The summed E-state index contributed by atoms with van der Waals surface area (Å²) < 4.78 is 25.4. The third-order valence-corrected chi connectivity index (χ3v) is 8.53. The van der Waals surface area contributed by atoms with Gasteiger partial charge in [-0.15, -0.1) is 0 Å². The molecule has 0 aromatic rings. The van der Waals surface area contributed by atoms with E-state index in [1.54, 1.807) is 0 Å². The van der Waals surface area contributed by atoms with Crippen LogP contribution in [0.2, 0.25) is 0 Å². The van der Waals surface area contributed by atoms with E-state index >= 15 is 0 Å². The van der Waals surface area contributed by atoms with Gasteiger partial charge in [0.05, 0.1) is 12.7 Å². The summed E-state index contributed by atoms with van der Waals surface area (Å²) >= 11 is 0. The van der Waals surface area contributed by atoms with Gasteiger partial charge >= 0.3 is 0 Å². The minimum absolute atomic E-state index is 0.0256. The summed E-state index contributed by atoms with van der Waals surface area (Å²) in [6.45, 7) is 8.45. The van der Waals surface area contributed by atoms with Crippen molar-refractivity contribution in [2.24, 2.45) is 23.7 Å². The maximum absolute atomic E-state index is 6.71. The molecule has 0 spiro atoms. The van der Waals surface area contributed by atoms with Crippen molar-refractivity contribution in [2.75, 3.05) is 13.2 Å². The molecule has 0 aromatic carbocycles. The van der Waals surface area contributed by atoms with Crippen molar-refractivity contribution in [1.82, 2.24) is 0 Å². The molecular weight excluding hydrogens is 424 g/mol. The quantitative estimate of drug-likeness (QED) is 0.225. The summed E-state index contributed by atoms with van der Waals surface area (Å²) in [7, 11) is 0. The molecule has 4 unspecified atom stereocenters. The van der Waals surface area contributed by atoms with Crippen LogP contribution in [0.5, 0.6) is 0 Å². The molecule has 0 N–H and O–H groups in total. The number of allylic oxidation sites excluding steroid dienone is 3. The Bertz CT molecular complexity index is 655. The summed E-state index contributed by atoms with van der Waals surface area (Å²) in [5.74, 6) is 3.74. The standard InChI is InChI=1S/C30H50O4/c1-22(2)11-8-12-23(3)13-9-16-26(33-28-17-4-6-19-31-28)30-25-15-10-14-24(25)21-27(30)34-29-18-5-7-20-32-29/h11,16,23-25,27-30H,4-10,12-15,17-21H2,1-3H3/t23-,24?,25?,27+,28?,29?,30-/m1/s1. The minimum Gasteiger partial charge on any atom is -0.469 e. The first-order valence-corrected chi connectivity index (χ1v) is 14.5. The van der Waals surface area contributed by atoms with E-state index in [2.05, 4.69) is 32.9 Å². The van der Waals surface area contributed by atoms with E-state index in [-0.39, 0.29) is 18.7 Å². The molecular formula is C30H50O4. The second-order valence-electron chi connectivity index (χ2n) is 11.6. The Morgan fingerprint density at radius 3 is 2.24 bits per heavy atom. The predicted octanol–water partition coefficient (Wildman–Crippen LogP) is 7.92. The van der Waals surface area contributed by atoms with Crippen LogP contribution in [-0.4, -0.2) is 31.9 Å². The molecule has 4 fully saturated rings. The number of hydrogen-bond donors (Lipinski definition) is 0. The summed E-state index contributed by atoms with van der Waals surface area (Å²) in [6.07, 6.45) is 21.6. The van der Waals surface area contributed by atoms with Crippen LogP contribution in [0.3, 0.4) is 0 Å². The van der Waals surface area contributed by atoms with Crippen molar-refractivity contribution in [3.63, 3.8) is 0 Å². The van der Waals surface area contributed by atoms with Gasteiger partial charge in [0, 0.05) is 18.9 Å². The summed E-state index contributed by atoms with van der Waals surface area (Å²) in [4.78, 5) is 0. The Morgan fingerprint density at radius 2 is 1.56 bits per heavy atom. The third kappa shape index (κ3) is 7.58. The van der Waals surface area contributed by atoms with E-state index in [1.165, 1.54) is 69.1 Å². The lowest BCUT2D eigenvalue weighted by atomic mass is 9.88. The van der Waals surface area contributed by atoms with Crippen molar-refractivity contribution >= 4 is 0 Å². The van der Waals surface area contributed by atoms with Gasteiger partial charge in [0.1, 0.15) is 5.76 Å². The molecule has 2 heterocycles. The highest BCUT2D eigenvalue weighted by Crippen LogP contribution is 2.52. The van der Waals surface area contributed by atoms with Gasteiger partial charge in [-0.05, 0) is 108 Å². The molecule has 34 heavy (non-hydrogen) atoms. The maximum atomic E-state index is 6.71. The van der Waals surface area contributed by atoms with E-state index < -0.39 is 0 Å². The lowest BCUT2D eigenvalue weighted by Gasteiger charge is -2.34. The zero-order valence-corrected chi connectivity index (χ0v) is 22.1. The van der Waals surface area contributed by atoms with Crippen molar-refractivity contribution in [3.8, 4) is 0 Å². The third-order valence-electron chi connectivity index (χ3n) is 8.53. The highest BCUT2D eigenvalue weighted by Gasteiger charge is 2.49. The number of ether oxygens (including phenoxy) is 4. The summed E-state index contributed by atoms with van der Waals surface area (Å²) in [5, 5.41) is 0. The SMILES string of the molecule is CC(C)=CCC[C@@H](C)CCC=C(OC1CCCCO1)[C@H]1C2CCCC2C[C@@H]1OC1CCCCO1. The fraction of sp³-hybridized carbons (Fsp3) is 0.867. The van der Waals surface area contributed by atoms with Crippen LogP contribution in [-0.2, 0) is 18.9 Å². The zero-order valence-electron chi connectivity index (χ0n) is 22.1. The molecule has 4 aliphatic rings. The number of rotatable bonds is 11. The summed E-state index contributed by atoms with van der Waals surface area (Å²) in [5.41, 5.74) is 1.43. The average molecular weight is 475 g/mol. The minimum atomic E-state index is -0.0814. The molecule has 4 rings (SSSR count). The second-order valence-corrected chi connectivity index (χ2v) is 11.6. The van der Waals surface area contributed by atoms with Gasteiger partial charge in [0.15, 0.2) is 12.6 Å². The molecule has 4 nitrogen and oxygen atoms in total. The van der Waals surface area contributed by atoms with Crippen LogP contribution in [0.25, 0.3) is 0 Å². The smallest absolute Gasteiger partial charge is 0.199 e. The second kappa shape index (κ2) is 13.5. The largest absolute Gasteiger partial charge is 0.469 e. The first kappa shape index (κ1) is 26.2. The fourth-order valence-electron chi connectivity index (χ4n) is 6.63. The Morgan fingerprint density at radius 1 is 0.853 bits per heavy atom. The van der Waals surface area contributed by atoms with E-state index in [0.717, 1.165) is 57.2 Å². The van der Waals surface area contributed by atoms with Crippen LogP contribution < -0.4 is 0 Å². The molecule has 7 atom stereocenters. The normalized spacial score (nSPS) is 35.1. The van der Waals surface area contributed by atoms with Gasteiger partial charge in [-0.1, -0.05) is 31.4 Å². The Hall–Kier alpha value is -0.840. The van der Waals surface area contributed by atoms with Crippen molar-refractivity contribution in [2.45, 2.75) is 129 Å². The molecule has 0 amide bonds. The van der Waals surface area contributed by atoms with E-state index in [9.17, 15) is 0 Å². The topological polar surface area (TPSA) is 36.9 Å². The first-order valence-electron chi connectivity index (χ1n) is 14.5. The van der Waals surface area contributed by atoms with Gasteiger partial charge in [-0.2, -0.15) is 0 Å². The Kier molecular flexibility index (Phi) is 10.4. The number of fused-ring (bicyclic) bond motifs is 1. The van der Waals surface area contributed by atoms with Crippen molar-refractivity contribution < 1.29 is 18.9 Å². The van der Waals surface area contributed by atoms with E-state index in [1.807, 2.05) is 0 Å². The van der Waals surface area contributed by atoms with Gasteiger partial charge in [-0.3, -0.25) is 0 Å². The van der Waals surface area contributed by atoms with Crippen LogP contribution in [0.1, 0.15) is 111 Å². The molecule has 2 saturated heterocycles. The Labute approximate surface area is 208 Å². The Balaban J connectivity index is 1.44.